The van der Waals surface area contributed by atoms with Crippen LogP contribution in [0.25, 0.3) is 11.0 Å². The first kappa shape index (κ1) is 21.7. The van der Waals surface area contributed by atoms with Crippen molar-refractivity contribution in [2.24, 2.45) is 0 Å². The van der Waals surface area contributed by atoms with Gasteiger partial charge in [0.05, 0.1) is 25.2 Å². The highest BCUT2D eigenvalue weighted by molar-refractivity contribution is 7.92. The highest BCUT2D eigenvalue weighted by Gasteiger charge is 2.12. The van der Waals surface area contributed by atoms with Gasteiger partial charge in [0.2, 0.25) is 21.9 Å². The highest BCUT2D eigenvalue weighted by Crippen LogP contribution is 2.24. The molecule has 0 bridgehead atoms. The van der Waals surface area contributed by atoms with Crippen molar-refractivity contribution in [2.45, 2.75) is 19.3 Å². The molecule has 0 unspecified atom stereocenters. The molecule has 4 rings (SSSR count). The molecule has 10 heteroatoms. The fourth-order valence-corrected chi connectivity index (χ4v) is 3.94. The number of halogens is 1. The standard InChI is InChI=1S/C22H22FN5O3S/c1-31-20-8-4-14(11-24-20)3-6-17-7-5-15(21(23)27-17)9-16-12-25-22-19(16)10-18(13-26-22)28-32(2,29)30/h4-5,7-8,10-13,28H,3,6,9H2,1-2H3,(H,25,26). The van der Waals surface area contributed by atoms with Gasteiger partial charge >= 0.3 is 0 Å². The summed E-state index contributed by atoms with van der Waals surface area (Å²) in [5.41, 5.74) is 3.86. The first-order chi connectivity index (χ1) is 15.3. The summed E-state index contributed by atoms with van der Waals surface area (Å²) in [4.78, 5) is 15.5. The predicted molar refractivity (Wildman–Crippen MR) is 120 cm³/mol. The van der Waals surface area contributed by atoms with Gasteiger partial charge in [-0.3, -0.25) is 4.72 Å². The Morgan fingerprint density at radius 1 is 1.09 bits per heavy atom. The minimum Gasteiger partial charge on any atom is -0.481 e. The largest absolute Gasteiger partial charge is 0.481 e. The van der Waals surface area contributed by atoms with E-state index >= 15 is 0 Å². The number of methoxy groups -OCH3 is 1. The van der Waals surface area contributed by atoms with Crippen molar-refractivity contribution in [3.8, 4) is 5.88 Å². The lowest BCUT2D eigenvalue weighted by molar-refractivity contribution is 0.397. The van der Waals surface area contributed by atoms with Gasteiger partial charge in [0.1, 0.15) is 5.65 Å². The zero-order chi connectivity index (χ0) is 22.7. The Kier molecular flexibility index (Phi) is 6.04. The fraction of sp³-hybridized carbons (Fsp3) is 0.227. The summed E-state index contributed by atoms with van der Waals surface area (Å²) >= 11 is 0. The lowest BCUT2D eigenvalue weighted by Crippen LogP contribution is -2.09. The van der Waals surface area contributed by atoms with Crippen LogP contribution in [-0.4, -0.2) is 41.7 Å². The second kappa shape index (κ2) is 8.91. The smallest absolute Gasteiger partial charge is 0.229 e. The quantitative estimate of drug-likeness (QED) is 0.395. The number of aromatic amines is 1. The Hall–Kier alpha value is -3.53. The molecule has 0 aromatic carbocycles. The van der Waals surface area contributed by atoms with Gasteiger partial charge in [0.15, 0.2) is 0 Å². The molecule has 0 radical (unpaired) electrons. The zero-order valence-electron chi connectivity index (χ0n) is 17.6. The number of nitrogens with zero attached hydrogens (tertiary/aromatic N) is 3. The molecule has 0 aliphatic rings. The maximum Gasteiger partial charge on any atom is 0.229 e. The first-order valence-electron chi connectivity index (χ1n) is 9.88. The molecule has 4 heterocycles. The first-order valence-corrected chi connectivity index (χ1v) is 11.8. The number of hydrogen-bond acceptors (Lipinski definition) is 6. The highest BCUT2D eigenvalue weighted by atomic mass is 32.2. The molecular formula is C22H22FN5O3S. The monoisotopic (exact) mass is 455 g/mol. The summed E-state index contributed by atoms with van der Waals surface area (Å²) in [6, 6.07) is 8.94. The van der Waals surface area contributed by atoms with Gasteiger partial charge in [-0.15, -0.1) is 0 Å². The van der Waals surface area contributed by atoms with Gasteiger partial charge in [-0.2, -0.15) is 4.39 Å². The lowest BCUT2D eigenvalue weighted by Gasteiger charge is -2.07. The number of anilines is 1. The molecule has 0 saturated heterocycles. The minimum atomic E-state index is -3.42. The Bertz CT molecular complexity index is 1350. The van der Waals surface area contributed by atoms with Crippen molar-refractivity contribution in [3.05, 3.63) is 77.3 Å². The van der Waals surface area contributed by atoms with Gasteiger partial charge in [-0.25, -0.2) is 23.4 Å². The number of aryl methyl sites for hydroxylation is 2. The summed E-state index contributed by atoms with van der Waals surface area (Å²) in [7, 11) is -1.86. The van der Waals surface area contributed by atoms with E-state index in [1.807, 2.05) is 12.1 Å². The van der Waals surface area contributed by atoms with Gasteiger partial charge < -0.3 is 9.72 Å². The second-order valence-corrected chi connectivity index (χ2v) is 9.19. The molecule has 0 aliphatic carbocycles. The van der Waals surface area contributed by atoms with Crippen LogP contribution in [0.15, 0.2) is 48.9 Å². The van der Waals surface area contributed by atoms with E-state index in [1.54, 1.807) is 37.7 Å². The van der Waals surface area contributed by atoms with E-state index in [9.17, 15) is 12.8 Å². The van der Waals surface area contributed by atoms with Crippen LogP contribution in [0.2, 0.25) is 0 Å². The van der Waals surface area contributed by atoms with E-state index in [4.69, 9.17) is 4.74 Å². The average molecular weight is 456 g/mol. The van der Waals surface area contributed by atoms with Crippen molar-refractivity contribution < 1.29 is 17.5 Å². The van der Waals surface area contributed by atoms with Gasteiger partial charge in [0.25, 0.3) is 0 Å². The fourth-order valence-electron chi connectivity index (χ4n) is 3.40. The van der Waals surface area contributed by atoms with Crippen LogP contribution in [0.3, 0.4) is 0 Å². The van der Waals surface area contributed by atoms with Crippen LogP contribution < -0.4 is 9.46 Å². The van der Waals surface area contributed by atoms with Crippen LogP contribution in [0.4, 0.5) is 10.1 Å². The van der Waals surface area contributed by atoms with Crippen LogP contribution in [0.1, 0.15) is 22.4 Å². The van der Waals surface area contributed by atoms with Crippen LogP contribution >= 0.6 is 0 Å². The Morgan fingerprint density at radius 3 is 2.62 bits per heavy atom. The van der Waals surface area contributed by atoms with Crippen molar-refractivity contribution in [1.82, 2.24) is 19.9 Å². The molecule has 8 nitrogen and oxygen atoms in total. The SMILES string of the molecule is COc1ccc(CCc2ccc(Cc3c[nH]c4ncc(NS(C)(=O)=O)cc34)c(F)n2)cn1. The van der Waals surface area contributed by atoms with E-state index in [1.165, 1.54) is 6.20 Å². The number of nitrogens with one attached hydrogen (secondary N) is 2. The van der Waals surface area contributed by atoms with Gasteiger partial charge in [-0.1, -0.05) is 12.1 Å². The van der Waals surface area contributed by atoms with Crippen LogP contribution in [0, 0.1) is 5.95 Å². The molecule has 0 amide bonds. The summed E-state index contributed by atoms with van der Waals surface area (Å²) < 4.78 is 45.1. The third kappa shape index (κ3) is 5.20. The molecule has 4 aromatic rings. The van der Waals surface area contributed by atoms with Crippen molar-refractivity contribution in [2.75, 3.05) is 18.1 Å². The third-order valence-corrected chi connectivity index (χ3v) is 5.57. The summed E-state index contributed by atoms with van der Waals surface area (Å²) in [6.45, 7) is 0. The topological polar surface area (TPSA) is 110 Å². The van der Waals surface area contributed by atoms with Crippen molar-refractivity contribution in [1.29, 1.82) is 0 Å². The molecule has 0 fully saturated rings. The maximum atomic E-state index is 14.7. The lowest BCUT2D eigenvalue weighted by atomic mass is 10.0. The second-order valence-electron chi connectivity index (χ2n) is 7.45. The minimum absolute atomic E-state index is 0.297. The predicted octanol–water partition coefficient (Wildman–Crippen LogP) is 3.25. The van der Waals surface area contributed by atoms with Crippen molar-refractivity contribution in [3.63, 3.8) is 0 Å². The van der Waals surface area contributed by atoms with E-state index < -0.39 is 16.0 Å². The summed E-state index contributed by atoms with van der Waals surface area (Å²) in [6.07, 6.45) is 7.55. The Balaban J connectivity index is 1.48. The third-order valence-electron chi connectivity index (χ3n) is 4.96. The number of ether oxygens (including phenoxy) is 1. The molecule has 0 saturated carbocycles. The van der Waals surface area contributed by atoms with Crippen molar-refractivity contribution >= 4 is 26.7 Å². The van der Waals surface area contributed by atoms with E-state index in [0.717, 1.165) is 17.4 Å². The van der Waals surface area contributed by atoms with Gasteiger partial charge in [0, 0.05) is 41.5 Å². The van der Waals surface area contributed by atoms with E-state index in [2.05, 4.69) is 24.7 Å². The number of H-pyrrole nitrogens is 1. The molecule has 32 heavy (non-hydrogen) atoms. The van der Waals surface area contributed by atoms with E-state index in [0.29, 0.717) is 53.1 Å². The molecular weight excluding hydrogens is 433 g/mol. The molecule has 166 valence electrons. The zero-order valence-corrected chi connectivity index (χ0v) is 18.4. The molecule has 0 spiro atoms. The number of fused-ring (bicyclic) bond motifs is 1. The number of pyridine rings is 3. The summed E-state index contributed by atoms with van der Waals surface area (Å²) in [5.74, 6) is 0.0251. The Morgan fingerprint density at radius 2 is 1.94 bits per heavy atom. The average Bonchev–Trinajstić information content (AvgIpc) is 3.15. The maximum absolute atomic E-state index is 14.7. The van der Waals surface area contributed by atoms with Gasteiger partial charge in [-0.05, 0) is 36.1 Å². The Labute approximate surface area is 185 Å². The normalized spacial score (nSPS) is 11.6. The molecule has 0 aliphatic heterocycles. The summed E-state index contributed by atoms with van der Waals surface area (Å²) in [5, 5.41) is 0.717. The molecule has 4 aromatic heterocycles. The van der Waals surface area contributed by atoms with Crippen LogP contribution in [-0.2, 0) is 29.3 Å². The van der Waals surface area contributed by atoms with E-state index in [-0.39, 0.29) is 0 Å². The number of rotatable bonds is 8. The van der Waals surface area contributed by atoms with Crippen LogP contribution in [0.5, 0.6) is 5.88 Å². The number of sulfonamides is 1. The number of aromatic nitrogens is 4. The molecule has 2 N–H and O–H groups in total. The molecule has 0 atom stereocenters. The number of hydrogen-bond donors (Lipinski definition) is 2.